The minimum absolute atomic E-state index is 0.0108. The SMILES string of the molecule is Cc1c(C(=O)O)[nH]c2cc(Cl)c(Oc3ccc(O)c(S(=O)(=O)c4ccc(F)cc4)c3)c(Cl)c12. The fourth-order valence-electron chi connectivity index (χ4n) is 3.36. The van der Waals surface area contributed by atoms with E-state index in [1.165, 1.54) is 12.1 Å². The number of aromatic nitrogens is 1. The van der Waals surface area contributed by atoms with Gasteiger partial charge in [-0.3, -0.25) is 0 Å². The van der Waals surface area contributed by atoms with Crippen LogP contribution in [0.25, 0.3) is 10.9 Å². The zero-order valence-electron chi connectivity index (χ0n) is 16.7. The molecular formula is C22H14Cl2FNO6S. The summed E-state index contributed by atoms with van der Waals surface area (Å²) in [4.78, 5) is 13.5. The molecule has 3 aromatic carbocycles. The van der Waals surface area contributed by atoms with Gasteiger partial charge in [0.1, 0.15) is 27.9 Å². The summed E-state index contributed by atoms with van der Waals surface area (Å²) in [5.41, 5.74) is 0.698. The van der Waals surface area contributed by atoms with Crippen molar-refractivity contribution in [3.8, 4) is 17.2 Å². The van der Waals surface area contributed by atoms with Crippen LogP contribution in [0.1, 0.15) is 16.1 Å². The first-order valence-corrected chi connectivity index (χ1v) is 11.5. The first kappa shape index (κ1) is 22.9. The summed E-state index contributed by atoms with van der Waals surface area (Å²) >= 11 is 12.8. The van der Waals surface area contributed by atoms with Crippen molar-refractivity contribution in [1.82, 2.24) is 4.98 Å². The van der Waals surface area contributed by atoms with E-state index in [1.807, 2.05) is 0 Å². The third-order valence-electron chi connectivity index (χ3n) is 4.96. The first-order chi connectivity index (χ1) is 15.5. The number of aryl methyl sites for hydroxylation is 1. The number of nitrogens with one attached hydrogen (secondary N) is 1. The molecule has 33 heavy (non-hydrogen) atoms. The lowest BCUT2D eigenvalue weighted by Gasteiger charge is -2.13. The molecule has 170 valence electrons. The number of carboxylic acid groups (broad SMARTS) is 1. The van der Waals surface area contributed by atoms with Gasteiger partial charge in [0.25, 0.3) is 0 Å². The molecule has 0 radical (unpaired) electrons. The molecule has 0 aliphatic rings. The average molecular weight is 510 g/mol. The van der Waals surface area contributed by atoms with E-state index in [0.29, 0.717) is 16.5 Å². The van der Waals surface area contributed by atoms with Gasteiger partial charge in [0.15, 0.2) is 5.75 Å². The molecule has 0 bridgehead atoms. The van der Waals surface area contributed by atoms with Crippen LogP contribution < -0.4 is 4.74 Å². The maximum absolute atomic E-state index is 13.2. The summed E-state index contributed by atoms with van der Waals surface area (Å²) < 4.78 is 44.8. The Morgan fingerprint density at radius 3 is 2.39 bits per heavy atom. The maximum atomic E-state index is 13.2. The van der Waals surface area contributed by atoms with Gasteiger partial charge in [-0.05, 0) is 55.0 Å². The molecule has 0 aliphatic carbocycles. The van der Waals surface area contributed by atoms with E-state index >= 15 is 0 Å². The molecule has 4 aromatic rings. The lowest BCUT2D eigenvalue weighted by molar-refractivity contribution is 0.0690. The quantitative estimate of drug-likeness (QED) is 0.286. The number of ether oxygens (including phenoxy) is 1. The summed E-state index contributed by atoms with van der Waals surface area (Å²) in [6.45, 7) is 1.57. The van der Waals surface area contributed by atoms with Crippen LogP contribution in [-0.2, 0) is 9.84 Å². The number of carboxylic acids is 1. The van der Waals surface area contributed by atoms with Crippen LogP contribution in [-0.4, -0.2) is 29.6 Å². The number of rotatable bonds is 5. The van der Waals surface area contributed by atoms with Crippen molar-refractivity contribution < 1.29 is 32.6 Å². The zero-order valence-corrected chi connectivity index (χ0v) is 19.0. The molecule has 1 heterocycles. The number of aromatic hydroxyl groups is 1. The van der Waals surface area contributed by atoms with E-state index in [2.05, 4.69) is 4.98 Å². The summed E-state index contributed by atoms with van der Waals surface area (Å²) in [7, 11) is -4.20. The predicted molar refractivity (Wildman–Crippen MR) is 120 cm³/mol. The summed E-state index contributed by atoms with van der Waals surface area (Å²) in [6, 6.07) is 9.08. The number of benzene rings is 3. The Bertz CT molecular complexity index is 1530. The van der Waals surface area contributed by atoms with Crippen molar-refractivity contribution >= 4 is 49.9 Å². The Morgan fingerprint density at radius 1 is 1.09 bits per heavy atom. The smallest absolute Gasteiger partial charge is 0.352 e. The molecular weight excluding hydrogens is 496 g/mol. The number of hydrogen-bond acceptors (Lipinski definition) is 5. The van der Waals surface area contributed by atoms with Crippen molar-refractivity contribution in [3.63, 3.8) is 0 Å². The minimum atomic E-state index is -4.20. The lowest BCUT2D eigenvalue weighted by Crippen LogP contribution is -2.03. The molecule has 0 fully saturated rings. The third kappa shape index (κ3) is 3.99. The van der Waals surface area contributed by atoms with Crippen molar-refractivity contribution in [1.29, 1.82) is 0 Å². The van der Waals surface area contributed by atoms with E-state index in [4.69, 9.17) is 27.9 Å². The van der Waals surface area contributed by atoms with Crippen molar-refractivity contribution in [2.75, 3.05) is 0 Å². The average Bonchev–Trinajstić information content (AvgIpc) is 3.08. The van der Waals surface area contributed by atoms with Crippen LogP contribution in [0.3, 0.4) is 0 Å². The molecule has 0 spiro atoms. The largest absolute Gasteiger partial charge is 0.507 e. The van der Waals surface area contributed by atoms with Gasteiger partial charge >= 0.3 is 5.97 Å². The summed E-state index contributed by atoms with van der Waals surface area (Å²) in [5.74, 6) is -2.36. The second-order valence-electron chi connectivity index (χ2n) is 7.04. The van der Waals surface area contributed by atoms with Crippen LogP contribution in [0, 0.1) is 12.7 Å². The Labute approximate surface area is 196 Å². The van der Waals surface area contributed by atoms with Crippen LogP contribution in [0.5, 0.6) is 17.2 Å². The van der Waals surface area contributed by atoms with Gasteiger partial charge in [-0.25, -0.2) is 17.6 Å². The minimum Gasteiger partial charge on any atom is -0.507 e. The number of aromatic amines is 1. The van der Waals surface area contributed by atoms with Crippen LogP contribution in [0.2, 0.25) is 10.0 Å². The highest BCUT2D eigenvalue weighted by molar-refractivity contribution is 7.91. The zero-order chi connectivity index (χ0) is 24.1. The topological polar surface area (TPSA) is 117 Å². The van der Waals surface area contributed by atoms with E-state index < -0.39 is 32.3 Å². The molecule has 7 nitrogen and oxygen atoms in total. The second kappa shape index (κ2) is 8.26. The Hall–Kier alpha value is -3.27. The number of H-pyrrole nitrogens is 1. The number of aromatic carboxylic acids is 1. The monoisotopic (exact) mass is 509 g/mol. The van der Waals surface area contributed by atoms with Gasteiger partial charge in [-0.2, -0.15) is 0 Å². The van der Waals surface area contributed by atoms with Gasteiger partial charge in [-0.1, -0.05) is 23.2 Å². The first-order valence-electron chi connectivity index (χ1n) is 9.25. The van der Waals surface area contributed by atoms with E-state index in [-0.39, 0.29) is 32.1 Å². The Balaban J connectivity index is 1.80. The number of carbonyl (C=O) groups is 1. The molecule has 4 rings (SSSR count). The van der Waals surface area contributed by atoms with Gasteiger partial charge < -0.3 is 19.9 Å². The Kier molecular flexibility index (Phi) is 5.73. The standard InChI is InChI=1S/C22H14Cl2FNO6S/c1-10-18-15(26-20(10)22(28)29)9-14(23)21(19(18)24)32-12-4-7-16(27)17(8-12)33(30,31)13-5-2-11(25)3-6-13/h2-9,26-27H,1H3,(H,28,29). The van der Waals surface area contributed by atoms with Gasteiger partial charge in [0.2, 0.25) is 9.84 Å². The molecule has 0 saturated carbocycles. The molecule has 0 aliphatic heterocycles. The van der Waals surface area contributed by atoms with Crippen molar-refractivity contribution in [2.45, 2.75) is 16.7 Å². The lowest BCUT2D eigenvalue weighted by atomic mass is 10.1. The van der Waals surface area contributed by atoms with Gasteiger partial charge in [0, 0.05) is 17.0 Å². The predicted octanol–water partition coefficient (Wildman–Crippen LogP) is 5.95. The molecule has 0 atom stereocenters. The second-order valence-corrected chi connectivity index (χ2v) is 9.75. The van der Waals surface area contributed by atoms with Crippen LogP contribution in [0.4, 0.5) is 4.39 Å². The van der Waals surface area contributed by atoms with E-state index in [1.54, 1.807) is 6.92 Å². The normalized spacial score (nSPS) is 11.6. The van der Waals surface area contributed by atoms with Crippen LogP contribution in [0.15, 0.2) is 58.3 Å². The number of sulfone groups is 1. The summed E-state index contributed by atoms with van der Waals surface area (Å²) in [5, 5.41) is 20.0. The highest BCUT2D eigenvalue weighted by Gasteiger charge is 2.24. The molecule has 1 aromatic heterocycles. The fourth-order valence-corrected chi connectivity index (χ4v) is 5.40. The van der Waals surface area contributed by atoms with Crippen molar-refractivity contribution in [3.05, 3.63) is 75.7 Å². The molecule has 3 N–H and O–H groups in total. The fraction of sp³-hybridized carbons (Fsp3) is 0.0455. The number of hydrogen-bond donors (Lipinski definition) is 3. The van der Waals surface area contributed by atoms with Gasteiger partial charge in [0.05, 0.1) is 14.9 Å². The number of phenols is 1. The summed E-state index contributed by atoms with van der Waals surface area (Å²) in [6.07, 6.45) is 0. The molecule has 11 heteroatoms. The molecule has 0 amide bonds. The molecule has 0 saturated heterocycles. The Morgan fingerprint density at radius 2 is 1.76 bits per heavy atom. The number of fused-ring (bicyclic) bond motifs is 1. The highest BCUT2D eigenvalue weighted by Crippen LogP contribution is 2.44. The molecule has 0 unspecified atom stereocenters. The third-order valence-corrected chi connectivity index (χ3v) is 7.40. The number of halogens is 3. The maximum Gasteiger partial charge on any atom is 0.352 e. The van der Waals surface area contributed by atoms with E-state index in [0.717, 1.165) is 36.4 Å². The number of phenolic OH excluding ortho intramolecular Hbond substituents is 1. The van der Waals surface area contributed by atoms with E-state index in [9.17, 15) is 27.8 Å². The van der Waals surface area contributed by atoms with Crippen molar-refractivity contribution in [2.24, 2.45) is 0 Å². The highest BCUT2D eigenvalue weighted by atomic mass is 35.5. The van der Waals surface area contributed by atoms with Crippen LogP contribution >= 0.6 is 23.2 Å². The van der Waals surface area contributed by atoms with Gasteiger partial charge in [-0.15, -0.1) is 0 Å².